The summed E-state index contributed by atoms with van der Waals surface area (Å²) in [5.41, 5.74) is -0.212. The van der Waals surface area contributed by atoms with Crippen molar-refractivity contribution >= 4 is 23.7 Å². The van der Waals surface area contributed by atoms with Gasteiger partial charge in [0.15, 0.2) is 5.03 Å². The zero-order chi connectivity index (χ0) is 19.6. The molecule has 9 nitrogen and oxygen atoms in total. The first-order valence-electron chi connectivity index (χ1n) is 8.60. The van der Waals surface area contributed by atoms with Crippen LogP contribution in [0.2, 0.25) is 5.02 Å². The highest BCUT2D eigenvalue weighted by Crippen LogP contribution is 2.30. The van der Waals surface area contributed by atoms with Crippen molar-refractivity contribution in [2.75, 3.05) is 26.2 Å². The molecule has 2 fully saturated rings. The van der Waals surface area contributed by atoms with Crippen molar-refractivity contribution in [2.45, 2.75) is 25.9 Å². The van der Waals surface area contributed by atoms with Gasteiger partial charge in [-0.05, 0) is 38.5 Å². The first kappa shape index (κ1) is 19.4. The van der Waals surface area contributed by atoms with Crippen molar-refractivity contribution in [3.8, 4) is 5.75 Å². The third-order valence-corrected chi connectivity index (χ3v) is 4.71. The van der Waals surface area contributed by atoms with Gasteiger partial charge in [-0.15, -0.1) is 0 Å². The van der Waals surface area contributed by atoms with E-state index in [4.69, 9.17) is 21.1 Å². The normalized spacial score (nSPS) is 23.1. The van der Waals surface area contributed by atoms with Crippen LogP contribution in [0.15, 0.2) is 29.4 Å². The van der Waals surface area contributed by atoms with Crippen LogP contribution in [-0.4, -0.2) is 58.7 Å². The van der Waals surface area contributed by atoms with Gasteiger partial charge in [-0.2, -0.15) is 0 Å². The van der Waals surface area contributed by atoms with Gasteiger partial charge in [-0.1, -0.05) is 17.7 Å². The highest BCUT2D eigenvalue weighted by molar-refractivity contribution is 6.30. The molecule has 0 aromatic heterocycles. The van der Waals surface area contributed by atoms with Crippen LogP contribution in [-0.2, 0) is 4.74 Å². The SMILES string of the molecule is CC1(C)CC(CN2CCN(C(=O)Oc3cccc(Cl)c3)C2=N[N+](=O)[O-])CO1. The Morgan fingerprint density at radius 1 is 1.48 bits per heavy atom. The summed E-state index contributed by atoms with van der Waals surface area (Å²) in [5, 5.41) is 14.0. The molecular weight excluding hydrogens is 376 g/mol. The summed E-state index contributed by atoms with van der Waals surface area (Å²) in [4.78, 5) is 26.4. The third kappa shape index (κ3) is 4.86. The van der Waals surface area contributed by atoms with E-state index in [1.54, 1.807) is 23.1 Å². The number of carbonyl (C=O) groups excluding carboxylic acids is 1. The monoisotopic (exact) mass is 396 g/mol. The first-order valence-corrected chi connectivity index (χ1v) is 8.98. The van der Waals surface area contributed by atoms with Crippen molar-refractivity contribution < 1.29 is 19.3 Å². The summed E-state index contributed by atoms with van der Waals surface area (Å²) in [7, 11) is 0. The van der Waals surface area contributed by atoms with Gasteiger partial charge in [0.1, 0.15) is 10.9 Å². The molecule has 1 amide bonds. The molecule has 3 rings (SSSR count). The molecule has 2 aliphatic heterocycles. The number of halogens is 1. The van der Waals surface area contributed by atoms with E-state index in [1.807, 2.05) is 13.8 Å². The van der Waals surface area contributed by atoms with E-state index in [0.717, 1.165) is 6.42 Å². The molecule has 146 valence electrons. The Kier molecular flexibility index (Phi) is 5.52. The molecule has 0 saturated carbocycles. The molecule has 0 aliphatic carbocycles. The quantitative estimate of drug-likeness (QED) is 0.573. The number of carbonyl (C=O) groups is 1. The number of guanidine groups is 1. The number of ether oxygens (including phenoxy) is 2. The number of benzene rings is 1. The van der Waals surface area contributed by atoms with Gasteiger partial charge >= 0.3 is 6.09 Å². The maximum Gasteiger partial charge on any atom is 0.422 e. The molecule has 2 heterocycles. The van der Waals surface area contributed by atoms with Crippen molar-refractivity contribution in [1.29, 1.82) is 0 Å². The summed E-state index contributed by atoms with van der Waals surface area (Å²) in [6, 6.07) is 6.38. The van der Waals surface area contributed by atoms with Crippen LogP contribution < -0.4 is 4.74 Å². The number of hydrogen-bond donors (Lipinski definition) is 0. The fraction of sp³-hybridized carbons (Fsp3) is 0.529. The molecule has 1 aromatic rings. The number of amides is 1. The summed E-state index contributed by atoms with van der Waals surface area (Å²) in [5.74, 6) is 0.454. The lowest BCUT2D eigenvalue weighted by atomic mass is 9.97. The van der Waals surface area contributed by atoms with Gasteiger partial charge in [-0.25, -0.2) is 19.8 Å². The molecule has 1 atom stereocenters. The number of hydrazone groups is 1. The summed E-state index contributed by atoms with van der Waals surface area (Å²) >= 11 is 5.89. The zero-order valence-electron chi connectivity index (χ0n) is 15.1. The minimum Gasteiger partial charge on any atom is -0.410 e. The molecular formula is C17H21ClN4O5. The Morgan fingerprint density at radius 2 is 2.26 bits per heavy atom. The Labute approximate surface area is 161 Å². The van der Waals surface area contributed by atoms with Gasteiger partial charge in [0.25, 0.3) is 5.96 Å². The molecule has 0 spiro atoms. The van der Waals surface area contributed by atoms with E-state index in [-0.39, 0.29) is 29.8 Å². The average Bonchev–Trinajstić information content (AvgIpc) is 3.10. The average molecular weight is 397 g/mol. The van der Waals surface area contributed by atoms with Gasteiger partial charge in [0, 0.05) is 24.0 Å². The second-order valence-electron chi connectivity index (χ2n) is 7.20. The fourth-order valence-electron chi connectivity index (χ4n) is 3.40. The van der Waals surface area contributed by atoms with Crippen LogP contribution in [0.4, 0.5) is 4.79 Å². The molecule has 27 heavy (non-hydrogen) atoms. The Hall–Kier alpha value is -2.39. The van der Waals surface area contributed by atoms with Gasteiger partial charge < -0.3 is 14.4 Å². The topological polar surface area (TPSA) is 97.5 Å². The van der Waals surface area contributed by atoms with Crippen molar-refractivity contribution in [3.63, 3.8) is 0 Å². The largest absolute Gasteiger partial charge is 0.422 e. The van der Waals surface area contributed by atoms with E-state index in [9.17, 15) is 14.9 Å². The predicted molar refractivity (Wildman–Crippen MR) is 98.3 cm³/mol. The zero-order valence-corrected chi connectivity index (χ0v) is 15.9. The first-order chi connectivity index (χ1) is 12.7. The highest BCUT2D eigenvalue weighted by atomic mass is 35.5. The standard InChI is InChI=1S/C17H21ClN4O5/c1-17(2)9-12(11-26-17)10-20-6-7-21(15(20)19-22(24)25)16(23)27-14-5-3-4-13(18)8-14/h3-5,8,12H,6-7,9-11H2,1-2H3. The third-order valence-electron chi connectivity index (χ3n) is 4.48. The van der Waals surface area contributed by atoms with Crippen molar-refractivity contribution in [3.05, 3.63) is 39.4 Å². The van der Waals surface area contributed by atoms with Crippen LogP contribution in [0.1, 0.15) is 20.3 Å². The molecule has 10 heteroatoms. The second-order valence-corrected chi connectivity index (χ2v) is 7.64. The van der Waals surface area contributed by atoms with Crippen LogP contribution >= 0.6 is 11.6 Å². The van der Waals surface area contributed by atoms with Gasteiger partial charge in [0.2, 0.25) is 0 Å². The minimum absolute atomic E-state index is 0.0169. The van der Waals surface area contributed by atoms with Crippen LogP contribution in [0.3, 0.4) is 0 Å². The Bertz CT molecular complexity index is 769. The van der Waals surface area contributed by atoms with Crippen molar-refractivity contribution in [1.82, 2.24) is 9.80 Å². The summed E-state index contributed by atoms with van der Waals surface area (Å²) in [6.45, 7) is 5.81. The van der Waals surface area contributed by atoms with Crippen molar-refractivity contribution in [2.24, 2.45) is 11.0 Å². The fourth-order valence-corrected chi connectivity index (χ4v) is 3.58. The van der Waals surface area contributed by atoms with Crippen LogP contribution in [0.25, 0.3) is 0 Å². The maximum atomic E-state index is 12.5. The number of rotatable bonds is 4. The molecule has 2 aliphatic rings. The minimum atomic E-state index is -0.803. The lowest BCUT2D eigenvalue weighted by Gasteiger charge is -2.22. The molecule has 0 bridgehead atoms. The smallest absolute Gasteiger partial charge is 0.410 e. The van der Waals surface area contributed by atoms with Crippen LogP contribution in [0, 0.1) is 16.0 Å². The van der Waals surface area contributed by atoms with Gasteiger partial charge in [-0.3, -0.25) is 0 Å². The van der Waals surface area contributed by atoms with Crippen LogP contribution in [0.5, 0.6) is 5.75 Å². The molecule has 2 saturated heterocycles. The van der Waals surface area contributed by atoms with E-state index in [0.29, 0.717) is 24.7 Å². The van der Waals surface area contributed by atoms with E-state index < -0.39 is 11.1 Å². The Morgan fingerprint density at radius 3 is 2.89 bits per heavy atom. The summed E-state index contributed by atoms with van der Waals surface area (Å²) in [6.07, 6.45) is 0.103. The highest BCUT2D eigenvalue weighted by Gasteiger charge is 2.39. The lowest BCUT2D eigenvalue weighted by molar-refractivity contribution is -0.486. The van der Waals surface area contributed by atoms with E-state index in [2.05, 4.69) is 5.10 Å². The van der Waals surface area contributed by atoms with Gasteiger partial charge in [0.05, 0.1) is 18.8 Å². The van der Waals surface area contributed by atoms with E-state index >= 15 is 0 Å². The summed E-state index contributed by atoms with van der Waals surface area (Å²) < 4.78 is 11.0. The lowest BCUT2D eigenvalue weighted by Crippen LogP contribution is -2.41. The van der Waals surface area contributed by atoms with E-state index in [1.165, 1.54) is 11.0 Å². The molecule has 0 N–H and O–H groups in total. The molecule has 0 radical (unpaired) electrons. The predicted octanol–water partition coefficient (Wildman–Crippen LogP) is 2.82. The molecule has 1 aromatic carbocycles. The second kappa shape index (κ2) is 7.69. The molecule has 1 unspecified atom stereocenters. The number of hydrogen-bond acceptors (Lipinski definition) is 5. The number of nitro groups is 1. The maximum absolute atomic E-state index is 12.5. The number of nitrogens with zero attached hydrogens (tertiary/aromatic N) is 4. The Balaban J connectivity index is 1.71.